The summed E-state index contributed by atoms with van der Waals surface area (Å²) >= 11 is 0. The van der Waals surface area contributed by atoms with Gasteiger partial charge in [-0.25, -0.2) is 30.9 Å². The number of hydrogen-bond donors (Lipinski definition) is 2. The van der Waals surface area contributed by atoms with E-state index in [2.05, 4.69) is 15.3 Å². The third-order valence-electron chi connectivity index (χ3n) is 8.97. The van der Waals surface area contributed by atoms with Crippen LogP contribution in [-0.4, -0.2) is 117 Å². The maximum absolute atomic E-state index is 15.1. The Kier molecular flexibility index (Phi) is 7.42. The summed E-state index contributed by atoms with van der Waals surface area (Å²) in [5.41, 5.74) is -2.64. The number of pyridine rings is 1. The molecule has 3 atom stereocenters. The van der Waals surface area contributed by atoms with E-state index in [1.807, 2.05) is 39.2 Å². The summed E-state index contributed by atoms with van der Waals surface area (Å²) in [6.07, 6.45) is 0.169. The summed E-state index contributed by atoms with van der Waals surface area (Å²) < 4.78 is 71.2. The lowest BCUT2D eigenvalue weighted by molar-refractivity contribution is 0.0539. The van der Waals surface area contributed by atoms with Gasteiger partial charge in [-0.3, -0.25) is 9.36 Å². The van der Waals surface area contributed by atoms with Crippen LogP contribution in [0.2, 0.25) is 10.4 Å². The Bertz CT molecular complexity index is 1440. The minimum atomic E-state index is -3.49. The molecular formula is C20H32B6F3N5O4S. The molecule has 0 radical (unpaired) electrons. The number of aromatic nitrogens is 3. The second-order valence-corrected chi connectivity index (χ2v) is 14.7. The van der Waals surface area contributed by atoms with Crippen LogP contribution in [0.15, 0.2) is 17.1 Å². The van der Waals surface area contributed by atoms with E-state index in [9.17, 15) is 27.1 Å². The molecule has 0 aromatic carbocycles. The topological polar surface area (TPSA) is 117 Å². The van der Waals surface area contributed by atoms with E-state index in [4.69, 9.17) is 0 Å². The molecule has 1 aliphatic heterocycles. The molecule has 0 unspecified atom stereocenters. The number of hydrogen-bond acceptors (Lipinski definition) is 7. The molecule has 206 valence electrons. The summed E-state index contributed by atoms with van der Waals surface area (Å²) in [6, 6.07) is -0.139. The molecule has 1 saturated heterocycles. The third kappa shape index (κ3) is 5.30. The minimum absolute atomic E-state index is 0.0139. The predicted molar refractivity (Wildman–Crippen MR) is 161 cm³/mol. The van der Waals surface area contributed by atoms with Crippen LogP contribution < -0.4 is 10.9 Å². The fourth-order valence-electron chi connectivity index (χ4n) is 6.12. The van der Waals surface area contributed by atoms with Gasteiger partial charge in [-0.1, -0.05) is 10.4 Å². The molecule has 4 rings (SSSR count). The molecule has 2 aromatic heterocycles. The lowest BCUT2D eigenvalue weighted by Crippen LogP contribution is -2.69. The highest BCUT2D eigenvalue weighted by molar-refractivity contribution is 7.88. The van der Waals surface area contributed by atoms with E-state index in [0.717, 1.165) is 10.6 Å². The fraction of sp³-hybridized carbons (Fsp3) is 0.650. The second-order valence-electron chi connectivity index (χ2n) is 12.7. The number of nitrogens with one attached hydrogen (secondary N) is 1. The molecular weight excluding hydrogens is 528 g/mol. The zero-order valence-electron chi connectivity index (χ0n) is 23.4. The lowest BCUT2D eigenvalue weighted by Gasteiger charge is -2.61. The van der Waals surface area contributed by atoms with Gasteiger partial charge in [0, 0.05) is 24.7 Å². The molecule has 2 aromatic rings. The van der Waals surface area contributed by atoms with Crippen LogP contribution in [0.1, 0.15) is 30.9 Å². The van der Waals surface area contributed by atoms with Crippen molar-refractivity contribution in [2.45, 2.75) is 59.3 Å². The second kappa shape index (κ2) is 9.61. The quantitative estimate of drug-likeness (QED) is 0.356. The van der Waals surface area contributed by atoms with E-state index >= 15 is 4.39 Å². The van der Waals surface area contributed by atoms with E-state index in [1.54, 1.807) is 0 Å². The SMILES string of the molecule is BC(F)(F)c1cc2cnc(NC3(B)C(B)(B)CN(S(C)(=O)=O)CC3(B)B)nc2n([C@H]2C[C@H](O)CC[C@@H]2F)c1=O. The minimum Gasteiger partial charge on any atom is -0.393 e. The summed E-state index contributed by atoms with van der Waals surface area (Å²) in [4.78, 5) is 22.3. The molecule has 3 heterocycles. The fourth-order valence-corrected chi connectivity index (χ4v) is 7.24. The average Bonchev–Trinajstić information content (AvgIpc) is 2.77. The summed E-state index contributed by atoms with van der Waals surface area (Å²) in [5, 5.41) is 12.5. The van der Waals surface area contributed by atoms with Gasteiger partial charge in [0.25, 0.3) is 5.56 Å². The number of fused-ring (bicyclic) bond motifs is 1. The summed E-state index contributed by atoms with van der Waals surface area (Å²) in [5.74, 6) is -3.40. The largest absolute Gasteiger partial charge is 0.393 e. The van der Waals surface area contributed by atoms with Gasteiger partial charge in [0.05, 0.1) is 24.0 Å². The average molecular weight is 560 g/mol. The van der Waals surface area contributed by atoms with Crippen molar-refractivity contribution >= 4 is 74.1 Å². The number of rotatable bonds is 5. The Morgan fingerprint density at radius 2 is 1.74 bits per heavy atom. The van der Waals surface area contributed by atoms with Crippen LogP contribution >= 0.6 is 0 Å². The van der Waals surface area contributed by atoms with Crippen LogP contribution in [0, 0.1) is 0 Å². The zero-order valence-corrected chi connectivity index (χ0v) is 24.2. The van der Waals surface area contributed by atoms with E-state index in [-0.39, 0.29) is 49.3 Å². The number of aliphatic hydroxyl groups is 1. The first-order chi connectivity index (χ1) is 17.7. The molecule has 19 heteroatoms. The monoisotopic (exact) mass is 561 g/mol. The van der Waals surface area contributed by atoms with Crippen molar-refractivity contribution in [1.29, 1.82) is 0 Å². The van der Waals surface area contributed by atoms with Gasteiger partial charge in [0.2, 0.25) is 21.8 Å². The highest BCUT2D eigenvalue weighted by Crippen LogP contribution is 2.51. The van der Waals surface area contributed by atoms with Crippen LogP contribution in [-0.2, 0) is 15.8 Å². The normalized spacial score (nSPS) is 27.3. The number of nitrogens with zero attached hydrogens (tertiary/aromatic N) is 4. The first-order valence-corrected chi connectivity index (χ1v) is 14.9. The van der Waals surface area contributed by atoms with Gasteiger partial charge >= 0.3 is 0 Å². The van der Waals surface area contributed by atoms with Crippen LogP contribution in [0.3, 0.4) is 0 Å². The Balaban J connectivity index is 1.87. The van der Waals surface area contributed by atoms with Gasteiger partial charge in [0.15, 0.2) is 7.85 Å². The summed E-state index contributed by atoms with van der Waals surface area (Å²) in [7, 11) is 6.84. The Labute approximate surface area is 231 Å². The van der Waals surface area contributed by atoms with Crippen molar-refractivity contribution in [2.75, 3.05) is 24.7 Å². The van der Waals surface area contributed by atoms with Gasteiger partial charge < -0.3 is 10.4 Å². The smallest absolute Gasteiger partial charge is 0.260 e. The van der Waals surface area contributed by atoms with Crippen molar-refractivity contribution < 1.29 is 26.7 Å². The molecule has 0 amide bonds. The van der Waals surface area contributed by atoms with Gasteiger partial charge in [-0.2, -0.15) is 4.98 Å². The molecule has 39 heavy (non-hydrogen) atoms. The van der Waals surface area contributed by atoms with Crippen molar-refractivity contribution in [1.82, 2.24) is 18.8 Å². The Morgan fingerprint density at radius 3 is 2.28 bits per heavy atom. The third-order valence-corrected chi connectivity index (χ3v) is 10.2. The Morgan fingerprint density at radius 1 is 1.15 bits per heavy atom. The number of anilines is 1. The lowest BCUT2D eigenvalue weighted by atomic mass is 9.25. The van der Waals surface area contributed by atoms with Gasteiger partial charge in [-0.05, 0) is 30.8 Å². The standard InChI is InChI=1S/C20H32B6F3N5O4S/c1-39(37,38)33-7-17(21,22)20(26,18(23,24)8-33)32-16-30-6-9-4-11(19(25,28)29)15(36)34(14(9)31-16)13-5-10(35)2-3-12(13)27/h4,6,10,12-13,35H,2-3,5,7-8,21-26H2,1H3,(H,30,31,32)/t10-,12+,13+/m1/s1. The first kappa shape index (κ1) is 30.1. The zero-order chi connectivity index (χ0) is 29.3. The molecule has 9 nitrogen and oxygen atoms in total. The molecule has 1 saturated carbocycles. The van der Waals surface area contributed by atoms with Crippen molar-refractivity contribution in [3.05, 3.63) is 28.2 Å². The van der Waals surface area contributed by atoms with E-state index in [1.165, 1.54) is 16.8 Å². The van der Waals surface area contributed by atoms with E-state index < -0.39 is 61.2 Å². The Hall–Kier alpha value is -1.86. The van der Waals surface area contributed by atoms with Crippen molar-refractivity contribution in [3.8, 4) is 0 Å². The predicted octanol–water partition coefficient (Wildman–Crippen LogP) is -4.32. The van der Waals surface area contributed by atoms with Crippen LogP contribution in [0.4, 0.5) is 19.1 Å². The van der Waals surface area contributed by atoms with E-state index in [0.29, 0.717) is 7.85 Å². The number of sulfonamides is 1. The molecule has 2 N–H and O–H groups in total. The van der Waals surface area contributed by atoms with Crippen molar-refractivity contribution in [2.24, 2.45) is 0 Å². The molecule has 2 aliphatic rings. The highest BCUT2D eigenvalue weighted by Gasteiger charge is 2.56. The number of halogens is 3. The van der Waals surface area contributed by atoms with Crippen LogP contribution in [0.25, 0.3) is 11.0 Å². The van der Waals surface area contributed by atoms with Gasteiger partial charge in [-0.15, -0.1) is 0 Å². The number of aliphatic hydroxyl groups excluding tert-OH is 1. The maximum atomic E-state index is 15.1. The molecule has 1 aliphatic carbocycles. The summed E-state index contributed by atoms with van der Waals surface area (Å²) in [6.45, 7) is 0.463. The number of piperidine rings is 1. The van der Waals surface area contributed by atoms with Crippen LogP contribution in [0.5, 0.6) is 0 Å². The molecule has 0 spiro atoms. The maximum Gasteiger partial charge on any atom is 0.260 e. The molecule has 2 fully saturated rings. The number of alkyl halides is 3. The van der Waals surface area contributed by atoms with Gasteiger partial charge in [0.1, 0.15) is 51.1 Å². The first-order valence-electron chi connectivity index (χ1n) is 13.0. The highest BCUT2D eigenvalue weighted by atomic mass is 32.2. The van der Waals surface area contributed by atoms with Crippen molar-refractivity contribution in [3.63, 3.8) is 0 Å². The molecule has 0 bridgehead atoms.